The van der Waals surface area contributed by atoms with Crippen LogP contribution in [-0.4, -0.2) is 21.8 Å². The minimum atomic E-state index is -0.285. The summed E-state index contributed by atoms with van der Waals surface area (Å²) in [5, 5.41) is 7.69. The lowest BCUT2D eigenvalue weighted by Crippen LogP contribution is -2.19. The molecule has 0 atom stereocenters. The molecule has 0 radical (unpaired) electrons. The van der Waals surface area contributed by atoms with Crippen molar-refractivity contribution in [2.75, 3.05) is 10.6 Å². The van der Waals surface area contributed by atoms with Crippen molar-refractivity contribution in [1.82, 2.24) is 9.97 Å². The van der Waals surface area contributed by atoms with Crippen LogP contribution in [0.25, 0.3) is 44.3 Å². The molecule has 0 unspecified atom stereocenters. The summed E-state index contributed by atoms with van der Waals surface area (Å²) in [6.07, 6.45) is 0. The lowest BCUT2D eigenvalue weighted by atomic mass is 9.97. The highest BCUT2D eigenvalue weighted by Gasteiger charge is 2.22. The number of benzene rings is 5. The van der Waals surface area contributed by atoms with Crippen molar-refractivity contribution in [3.63, 3.8) is 0 Å². The van der Waals surface area contributed by atoms with E-state index < -0.39 is 0 Å². The van der Waals surface area contributed by atoms with Crippen LogP contribution in [0.5, 0.6) is 0 Å². The van der Waals surface area contributed by atoms with E-state index >= 15 is 0 Å². The highest BCUT2D eigenvalue weighted by Crippen LogP contribution is 2.33. The minimum absolute atomic E-state index is 0.285. The summed E-state index contributed by atoms with van der Waals surface area (Å²) in [5.74, 6) is -0.571. The predicted molar refractivity (Wildman–Crippen MR) is 186 cm³/mol. The summed E-state index contributed by atoms with van der Waals surface area (Å²) in [6, 6.07) is 42.2. The van der Waals surface area contributed by atoms with Crippen LogP contribution in [0.4, 0.5) is 11.4 Å². The Bertz CT molecular complexity index is 2100. The van der Waals surface area contributed by atoms with E-state index in [1.807, 2.05) is 135 Å². The first-order valence-electron chi connectivity index (χ1n) is 15.1. The fourth-order valence-electron chi connectivity index (χ4n) is 6.02. The second kappa shape index (κ2) is 12.1. The van der Waals surface area contributed by atoms with Crippen LogP contribution < -0.4 is 10.6 Å². The van der Waals surface area contributed by atoms with Gasteiger partial charge in [-0.05, 0) is 49.2 Å². The molecule has 46 heavy (non-hydrogen) atoms. The van der Waals surface area contributed by atoms with Crippen molar-refractivity contribution >= 4 is 45.0 Å². The molecule has 2 aromatic heterocycles. The van der Waals surface area contributed by atoms with Crippen LogP contribution in [0.1, 0.15) is 31.8 Å². The van der Waals surface area contributed by atoms with Gasteiger partial charge in [0.15, 0.2) is 0 Å². The number of aromatic nitrogens is 2. The van der Waals surface area contributed by atoms with E-state index in [0.29, 0.717) is 22.5 Å². The first-order chi connectivity index (χ1) is 22.5. The Morgan fingerprint density at radius 1 is 0.457 bits per heavy atom. The first-order valence-corrected chi connectivity index (χ1v) is 15.1. The Kier molecular flexibility index (Phi) is 7.53. The van der Waals surface area contributed by atoms with Gasteiger partial charge < -0.3 is 10.6 Å². The third-order valence-corrected chi connectivity index (χ3v) is 8.24. The van der Waals surface area contributed by atoms with E-state index in [-0.39, 0.29) is 11.8 Å². The highest BCUT2D eigenvalue weighted by molar-refractivity contribution is 6.18. The van der Waals surface area contributed by atoms with Crippen molar-refractivity contribution in [1.29, 1.82) is 0 Å². The van der Waals surface area contributed by atoms with Crippen molar-refractivity contribution in [3.05, 3.63) is 156 Å². The van der Waals surface area contributed by atoms with Gasteiger partial charge in [0.25, 0.3) is 11.8 Å². The van der Waals surface area contributed by atoms with E-state index in [9.17, 15) is 9.59 Å². The molecule has 6 heteroatoms. The molecule has 2 N–H and O–H groups in total. The molecule has 222 valence electrons. The SMILES string of the molecule is Cc1c(-c2ccccc2)nc2ccccc2c1C(=O)Nc1ccccc1NC(=O)c1c(C)c(-c2ccccc2)nc2ccccc12. The number of amides is 2. The van der Waals surface area contributed by atoms with E-state index in [0.717, 1.165) is 55.4 Å². The third-order valence-electron chi connectivity index (χ3n) is 8.24. The van der Waals surface area contributed by atoms with Crippen LogP contribution >= 0.6 is 0 Å². The van der Waals surface area contributed by atoms with Crippen molar-refractivity contribution in [3.8, 4) is 22.5 Å². The van der Waals surface area contributed by atoms with Gasteiger partial charge >= 0.3 is 0 Å². The van der Waals surface area contributed by atoms with Crippen molar-refractivity contribution < 1.29 is 9.59 Å². The number of rotatable bonds is 6. The van der Waals surface area contributed by atoms with Crippen LogP contribution in [0.2, 0.25) is 0 Å². The summed E-state index contributed by atoms with van der Waals surface area (Å²) < 4.78 is 0. The van der Waals surface area contributed by atoms with Crippen LogP contribution in [-0.2, 0) is 0 Å². The lowest BCUT2D eigenvalue weighted by molar-refractivity contribution is 0.101. The van der Waals surface area contributed by atoms with E-state index in [4.69, 9.17) is 9.97 Å². The molecule has 2 heterocycles. The quantitative estimate of drug-likeness (QED) is 0.200. The fourth-order valence-corrected chi connectivity index (χ4v) is 6.02. The van der Waals surface area contributed by atoms with Gasteiger partial charge in [-0.3, -0.25) is 9.59 Å². The fraction of sp³-hybridized carbons (Fsp3) is 0.0500. The number of carbonyl (C=O) groups excluding carboxylic acids is 2. The zero-order chi connectivity index (χ0) is 31.6. The molecule has 0 spiro atoms. The van der Waals surface area contributed by atoms with Crippen LogP contribution in [0.3, 0.4) is 0 Å². The van der Waals surface area contributed by atoms with Gasteiger partial charge in [0.1, 0.15) is 0 Å². The second-order valence-corrected chi connectivity index (χ2v) is 11.1. The largest absolute Gasteiger partial charge is 0.320 e. The lowest BCUT2D eigenvalue weighted by Gasteiger charge is -2.18. The van der Waals surface area contributed by atoms with Crippen molar-refractivity contribution in [2.45, 2.75) is 13.8 Å². The summed E-state index contributed by atoms with van der Waals surface area (Å²) in [5.41, 5.74) is 8.42. The number of pyridine rings is 2. The molecule has 6 nitrogen and oxygen atoms in total. The zero-order valence-corrected chi connectivity index (χ0v) is 25.4. The average molecular weight is 599 g/mol. The molecule has 2 amide bonds. The normalized spacial score (nSPS) is 11.0. The molecule has 0 saturated carbocycles. The van der Waals surface area contributed by atoms with E-state index in [2.05, 4.69) is 10.6 Å². The summed E-state index contributed by atoms with van der Waals surface area (Å²) in [7, 11) is 0. The smallest absolute Gasteiger partial charge is 0.256 e. The molecule has 0 fully saturated rings. The number of nitrogens with one attached hydrogen (secondary N) is 2. The molecule has 0 saturated heterocycles. The Labute approximate surface area is 266 Å². The van der Waals surface area contributed by atoms with Gasteiger partial charge in [0.2, 0.25) is 0 Å². The maximum atomic E-state index is 14.1. The summed E-state index contributed by atoms with van der Waals surface area (Å²) >= 11 is 0. The van der Waals surface area contributed by atoms with E-state index in [1.54, 1.807) is 12.1 Å². The minimum Gasteiger partial charge on any atom is -0.320 e. The number of para-hydroxylation sites is 4. The molecule has 0 aliphatic carbocycles. The van der Waals surface area contributed by atoms with Crippen LogP contribution in [0.15, 0.2) is 133 Å². The zero-order valence-electron chi connectivity index (χ0n) is 25.4. The predicted octanol–water partition coefficient (Wildman–Crippen LogP) is 9.24. The van der Waals surface area contributed by atoms with Crippen LogP contribution in [0, 0.1) is 13.8 Å². The third kappa shape index (κ3) is 5.26. The van der Waals surface area contributed by atoms with Gasteiger partial charge in [-0.1, -0.05) is 109 Å². The second-order valence-electron chi connectivity index (χ2n) is 11.1. The molecule has 0 aliphatic heterocycles. The molecule has 7 rings (SSSR count). The molecule has 5 aromatic carbocycles. The Balaban J connectivity index is 1.27. The van der Waals surface area contributed by atoms with Gasteiger partial charge in [-0.2, -0.15) is 0 Å². The Morgan fingerprint density at radius 2 is 0.804 bits per heavy atom. The molecular formula is C40H30N4O2. The number of carbonyl (C=O) groups is 2. The maximum absolute atomic E-state index is 14.1. The molecule has 0 bridgehead atoms. The number of hydrogen-bond donors (Lipinski definition) is 2. The van der Waals surface area contributed by atoms with Gasteiger partial charge in [-0.15, -0.1) is 0 Å². The topological polar surface area (TPSA) is 84.0 Å². The first kappa shape index (κ1) is 28.6. The highest BCUT2D eigenvalue weighted by atomic mass is 16.2. The molecular weight excluding hydrogens is 568 g/mol. The Morgan fingerprint density at radius 3 is 1.22 bits per heavy atom. The summed E-state index contributed by atoms with van der Waals surface area (Å²) in [6.45, 7) is 3.85. The summed E-state index contributed by atoms with van der Waals surface area (Å²) in [4.78, 5) is 38.0. The van der Waals surface area contributed by atoms with Crippen molar-refractivity contribution in [2.24, 2.45) is 0 Å². The standard InChI is InChI=1S/C40H30N4O2/c1-25-35(29-19-9-11-21-31(29)41-37(25)27-15-5-3-6-16-27)39(45)43-33-23-13-14-24-34(33)44-40(46)36-26(2)38(28-17-7-4-8-18-28)42-32-22-12-10-20-30(32)36/h3-24H,1-2H3,(H,43,45)(H,44,46). The number of hydrogen-bond acceptors (Lipinski definition) is 4. The van der Waals surface area contributed by atoms with Gasteiger partial charge in [0, 0.05) is 21.9 Å². The maximum Gasteiger partial charge on any atom is 0.256 e. The monoisotopic (exact) mass is 598 g/mol. The Hall–Kier alpha value is -6.14. The average Bonchev–Trinajstić information content (AvgIpc) is 3.09. The number of fused-ring (bicyclic) bond motifs is 2. The molecule has 7 aromatic rings. The van der Waals surface area contributed by atoms with E-state index in [1.165, 1.54) is 0 Å². The molecule has 0 aliphatic rings. The van der Waals surface area contributed by atoms with Gasteiger partial charge in [-0.25, -0.2) is 9.97 Å². The number of anilines is 2. The van der Waals surface area contributed by atoms with Gasteiger partial charge in [0.05, 0.1) is 44.9 Å². The number of nitrogens with zero attached hydrogens (tertiary/aromatic N) is 2.